The number of alkyl carbamates (subject to hydrolysis) is 1. The molecule has 164 valence electrons. The molecule has 2 aliphatic heterocycles. The Kier molecular flexibility index (Phi) is 6.53. The fourth-order valence-corrected chi connectivity index (χ4v) is 4.40. The predicted octanol–water partition coefficient (Wildman–Crippen LogP) is 3.54. The van der Waals surface area contributed by atoms with Crippen molar-refractivity contribution in [3.63, 3.8) is 0 Å². The number of nitrogens with one attached hydrogen (secondary N) is 1. The van der Waals surface area contributed by atoms with Crippen LogP contribution in [-0.4, -0.2) is 51.9 Å². The Balaban J connectivity index is 1.60. The quantitative estimate of drug-likeness (QED) is 0.758. The maximum atomic E-state index is 12.7. The smallest absolute Gasteiger partial charge is 0.410 e. The fraction of sp³-hybridized carbons (Fsp3) is 0.591. The number of carboxylic acids is 1. The Morgan fingerprint density at radius 1 is 1.13 bits per heavy atom. The summed E-state index contributed by atoms with van der Waals surface area (Å²) in [5.41, 5.74) is 0.207. The van der Waals surface area contributed by atoms with Gasteiger partial charge in [0.1, 0.15) is 18.2 Å². The number of fused-ring (bicyclic) bond motifs is 2. The molecule has 2 bridgehead atoms. The molecule has 1 aromatic carbocycles. The highest BCUT2D eigenvalue weighted by Gasteiger charge is 2.47. The van der Waals surface area contributed by atoms with E-state index in [1.54, 1.807) is 25.7 Å². The average Bonchev–Trinajstić information content (AvgIpc) is 2.93. The van der Waals surface area contributed by atoms with Crippen molar-refractivity contribution < 1.29 is 29.0 Å². The van der Waals surface area contributed by atoms with Crippen LogP contribution in [0.1, 0.15) is 52.0 Å². The van der Waals surface area contributed by atoms with Crippen molar-refractivity contribution in [2.45, 2.75) is 76.8 Å². The minimum atomic E-state index is -1.09. The maximum absolute atomic E-state index is 12.7. The van der Waals surface area contributed by atoms with Crippen molar-refractivity contribution in [3.8, 4) is 0 Å². The van der Waals surface area contributed by atoms with E-state index in [9.17, 15) is 19.5 Å². The molecule has 2 saturated heterocycles. The summed E-state index contributed by atoms with van der Waals surface area (Å²) in [5.74, 6) is -1.36. The number of carbonyl (C=O) groups excluding carboxylic acids is 2. The van der Waals surface area contributed by atoms with Crippen molar-refractivity contribution >= 4 is 18.2 Å². The summed E-state index contributed by atoms with van der Waals surface area (Å²) in [6.45, 7) is 5.38. The number of ether oxygens (including phenoxy) is 2. The fourth-order valence-electron chi connectivity index (χ4n) is 4.40. The lowest BCUT2D eigenvalue weighted by Crippen LogP contribution is -2.54. The van der Waals surface area contributed by atoms with Gasteiger partial charge in [-0.25, -0.2) is 14.4 Å². The molecule has 3 atom stereocenters. The van der Waals surface area contributed by atoms with Crippen molar-refractivity contribution in [1.82, 2.24) is 10.2 Å². The third-order valence-corrected chi connectivity index (χ3v) is 5.60. The molecule has 2 aliphatic rings. The van der Waals surface area contributed by atoms with Gasteiger partial charge in [0.25, 0.3) is 0 Å². The zero-order valence-electron chi connectivity index (χ0n) is 17.7. The summed E-state index contributed by atoms with van der Waals surface area (Å²) in [6.07, 6.45) is 1.51. The Hall–Kier alpha value is -2.77. The lowest BCUT2D eigenvalue weighted by atomic mass is 9.85. The summed E-state index contributed by atoms with van der Waals surface area (Å²) >= 11 is 0. The molecule has 8 heteroatoms. The van der Waals surface area contributed by atoms with E-state index in [1.165, 1.54) is 0 Å². The summed E-state index contributed by atoms with van der Waals surface area (Å²) in [6, 6.07) is 8.26. The van der Waals surface area contributed by atoms with Crippen molar-refractivity contribution in [2.24, 2.45) is 5.92 Å². The van der Waals surface area contributed by atoms with E-state index in [-0.39, 0.29) is 30.7 Å². The van der Waals surface area contributed by atoms with Crippen molar-refractivity contribution in [2.75, 3.05) is 0 Å². The lowest BCUT2D eigenvalue weighted by molar-refractivity contribution is -0.141. The van der Waals surface area contributed by atoms with Crippen LogP contribution in [-0.2, 0) is 20.9 Å². The average molecular weight is 418 g/mol. The largest absolute Gasteiger partial charge is 0.480 e. The van der Waals surface area contributed by atoms with Gasteiger partial charge in [0, 0.05) is 12.1 Å². The Labute approximate surface area is 176 Å². The van der Waals surface area contributed by atoms with E-state index in [0.717, 1.165) is 18.4 Å². The first-order valence-corrected chi connectivity index (χ1v) is 10.4. The zero-order valence-corrected chi connectivity index (χ0v) is 17.7. The maximum Gasteiger partial charge on any atom is 0.410 e. The van der Waals surface area contributed by atoms with Gasteiger partial charge in [-0.15, -0.1) is 0 Å². The number of rotatable bonds is 5. The Bertz CT molecular complexity index is 762. The zero-order chi connectivity index (χ0) is 21.9. The van der Waals surface area contributed by atoms with E-state index < -0.39 is 23.7 Å². The summed E-state index contributed by atoms with van der Waals surface area (Å²) in [7, 11) is 0. The van der Waals surface area contributed by atoms with Gasteiger partial charge in [-0.1, -0.05) is 30.3 Å². The number of benzene rings is 1. The molecule has 2 N–H and O–H groups in total. The van der Waals surface area contributed by atoms with E-state index in [1.807, 2.05) is 30.3 Å². The molecule has 30 heavy (non-hydrogen) atoms. The lowest BCUT2D eigenvalue weighted by Gasteiger charge is -2.40. The van der Waals surface area contributed by atoms with Gasteiger partial charge in [0.15, 0.2) is 0 Å². The van der Waals surface area contributed by atoms with Gasteiger partial charge in [-0.2, -0.15) is 0 Å². The number of hydrogen-bond donors (Lipinski definition) is 2. The van der Waals surface area contributed by atoms with Crippen LogP contribution in [0.25, 0.3) is 0 Å². The minimum Gasteiger partial charge on any atom is -0.480 e. The van der Waals surface area contributed by atoms with Gasteiger partial charge in [-0.05, 0) is 57.9 Å². The SMILES string of the molecule is CC(C)(C)OC(=O)N[C@H](C(=O)O)C1CC2CCC(C1)N2C(=O)OCc1ccccc1. The van der Waals surface area contributed by atoms with Gasteiger partial charge < -0.3 is 24.8 Å². The summed E-state index contributed by atoms with van der Waals surface area (Å²) in [4.78, 5) is 38.4. The van der Waals surface area contributed by atoms with Gasteiger partial charge in [0.05, 0.1) is 0 Å². The Morgan fingerprint density at radius 3 is 2.27 bits per heavy atom. The van der Waals surface area contributed by atoms with Gasteiger partial charge >= 0.3 is 18.2 Å². The highest BCUT2D eigenvalue weighted by Crippen LogP contribution is 2.40. The van der Waals surface area contributed by atoms with Crippen LogP contribution in [0.4, 0.5) is 9.59 Å². The van der Waals surface area contributed by atoms with Crippen LogP contribution >= 0.6 is 0 Å². The molecule has 0 radical (unpaired) electrons. The third kappa shape index (κ3) is 5.43. The van der Waals surface area contributed by atoms with Crippen LogP contribution in [0.2, 0.25) is 0 Å². The normalized spacial score (nSPS) is 24.1. The topological polar surface area (TPSA) is 105 Å². The molecule has 0 aliphatic carbocycles. The van der Waals surface area contributed by atoms with Crippen molar-refractivity contribution in [3.05, 3.63) is 35.9 Å². The molecule has 0 saturated carbocycles. The standard InChI is InChI=1S/C22H30N2O6/c1-22(2,3)30-20(27)23-18(19(25)26)15-11-16-9-10-17(12-15)24(16)21(28)29-13-14-7-5-4-6-8-14/h4-8,15-18H,9-13H2,1-3H3,(H,23,27)(H,25,26)/t15?,16?,17?,18-/m0/s1. The van der Waals surface area contributed by atoms with Crippen LogP contribution in [0, 0.1) is 5.92 Å². The molecule has 2 heterocycles. The number of carbonyl (C=O) groups is 3. The number of amides is 2. The van der Waals surface area contributed by atoms with E-state index in [4.69, 9.17) is 9.47 Å². The van der Waals surface area contributed by atoms with E-state index in [0.29, 0.717) is 12.8 Å². The molecule has 2 fully saturated rings. The highest BCUT2D eigenvalue weighted by atomic mass is 16.6. The van der Waals surface area contributed by atoms with Gasteiger partial charge in [0.2, 0.25) is 0 Å². The first-order valence-electron chi connectivity index (χ1n) is 10.4. The summed E-state index contributed by atoms with van der Waals surface area (Å²) < 4.78 is 10.7. The Morgan fingerprint density at radius 2 is 1.73 bits per heavy atom. The van der Waals surface area contributed by atoms with Gasteiger partial charge in [-0.3, -0.25) is 0 Å². The number of nitrogens with zero attached hydrogens (tertiary/aromatic N) is 1. The van der Waals surface area contributed by atoms with Crippen LogP contribution in [0.15, 0.2) is 30.3 Å². The summed E-state index contributed by atoms with van der Waals surface area (Å²) in [5, 5.41) is 12.2. The number of piperidine rings is 1. The monoisotopic (exact) mass is 418 g/mol. The van der Waals surface area contributed by atoms with Crippen LogP contribution in [0.3, 0.4) is 0 Å². The predicted molar refractivity (Wildman–Crippen MR) is 109 cm³/mol. The van der Waals surface area contributed by atoms with E-state index in [2.05, 4.69) is 5.32 Å². The second-order valence-electron chi connectivity index (χ2n) is 9.03. The van der Waals surface area contributed by atoms with Crippen molar-refractivity contribution in [1.29, 1.82) is 0 Å². The molecule has 0 aromatic heterocycles. The second kappa shape index (κ2) is 8.93. The first-order chi connectivity index (χ1) is 14.1. The highest BCUT2D eigenvalue weighted by molar-refractivity contribution is 5.80. The minimum absolute atomic E-state index is 0.0840. The number of aliphatic carboxylic acids is 1. The van der Waals surface area contributed by atoms with Crippen LogP contribution in [0.5, 0.6) is 0 Å². The molecule has 1 aromatic rings. The molecule has 0 spiro atoms. The molecular formula is C22H30N2O6. The second-order valence-corrected chi connectivity index (χ2v) is 9.03. The van der Waals surface area contributed by atoms with E-state index >= 15 is 0 Å². The molecule has 3 rings (SSSR count). The number of hydrogen-bond acceptors (Lipinski definition) is 5. The molecule has 2 amide bonds. The third-order valence-electron chi connectivity index (χ3n) is 5.60. The molecular weight excluding hydrogens is 388 g/mol. The first kappa shape index (κ1) is 21.9. The molecule has 2 unspecified atom stereocenters. The molecule has 8 nitrogen and oxygen atoms in total. The van der Waals surface area contributed by atoms with Crippen LogP contribution < -0.4 is 5.32 Å². The number of carboxylic acid groups (broad SMARTS) is 1.